The Kier molecular flexibility index (Phi) is 8.25. The highest BCUT2D eigenvalue weighted by Crippen LogP contribution is 2.38. The highest BCUT2D eigenvalue weighted by atomic mass is 32.2. The van der Waals surface area contributed by atoms with Crippen LogP contribution < -0.4 is 16.2 Å². The van der Waals surface area contributed by atoms with Crippen molar-refractivity contribution in [1.29, 1.82) is 0 Å². The van der Waals surface area contributed by atoms with Gasteiger partial charge in [-0.1, -0.05) is 6.07 Å². The number of aliphatic hydroxyl groups is 1. The quantitative estimate of drug-likeness (QED) is 0.522. The fourth-order valence-electron chi connectivity index (χ4n) is 3.61. The first kappa shape index (κ1) is 24.1. The van der Waals surface area contributed by atoms with Crippen LogP contribution in [0.1, 0.15) is 58.7 Å². The van der Waals surface area contributed by atoms with Gasteiger partial charge in [0.1, 0.15) is 25.8 Å². The molecule has 2 aliphatic rings. The lowest BCUT2D eigenvalue weighted by atomic mass is 9.98. The Bertz CT molecular complexity index is 951. The summed E-state index contributed by atoms with van der Waals surface area (Å²) >= 11 is 1.16. The number of aromatic nitrogens is 1. The summed E-state index contributed by atoms with van der Waals surface area (Å²) < 4.78 is 11.2. The number of ketones is 1. The number of thiazole rings is 1. The molecule has 2 aliphatic carbocycles. The van der Waals surface area contributed by atoms with Crippen LogP contribution in [-0.4, -0.2) is 33.5 Å². The number of Topliss-reactive ketones (excluding diaryl/α,β-unsaturated/α-hetero) is 1. The Balaban J connectivity index is 0.000000194. The molecule has 10 heteroatoms. The average Bonchev–Trinajstić information content (AvgIpc) is 3.40. The molecule has 8 nitrogen and oxygen atoms in total. The number of rotatable bonds is 3. The van der Waals surface area contributed by atoms with Gasteiger partial charge in [-0.05, 0) is 56.2 Å². The molecule has 164 valence electrons. The van der Waals surface area contributed by atoms with Crippen LogP contribution in [0.5, 0.6) is 0 Å². The molecular weight excluding hydrogens is 424 g/mol. The lowest BCUT2D eigenvalue weighted by molar-refractivity contribution is -0.106. The molecule has 0 bridgehead atoms. The van der Waals surface area contributed by atoms with Crippen molar-refractivity contribution < 1.29 is 18.9 Å². The second-order valence-corrected chi connectivity index (χ2v) is 9.75. The Labute approximate surface area is 182 Å². The van der Waals surface area contributed by atoms with Gasteiger partial charge in [0.05, 0.1) is 6.20 Å². The number of hydrogen-bond donors (Lipinski definition) is 4. The summed E-state index contributed by atoms with van der Waals surface area (Å²) in [6.45, 7) is 3.24. The van der Waals surface area contributed by atoms with Crippen molar-refractivity contribution in [2.24, 2.45) is 10.9 Å². The van der Waals surface area contributed by atoms with Crippen molar-refractivity contribution in [2.45, 2.75) is 55.8 Å². The molecule has 0 saturated carbocycles. The van der Waals surface area contributed by atoms with E-state index in [4.69, 9.17) is 9.93 Å². The SMILES string of the molecule is CC(C)(O)c1ncc(S(N)=O)s1.CNc1c2c(cc3c1C(=O)CC3)CCC2.NC=O. The maximum atomic E-state index is 11.8. The first-order valence-corrected chi connectivity index (χ1v) is 11.6. The van der Waals surface area contributed by atoms with Crippen LogP contribution in [0.15, 0.2) is 16.5 Å². The predicted octanol–water partition coefficient (Wildman–Crippen LogP) is 1.80. The van der Waals surface area contributed by atoms with Gasteiger partial charge in [0, 0.05) is 24.7 Å². The number of fused-ring (bicyclic) bond motifs is 2. The van der Waals surface area contributed by atoms with Crippen LogP contribution in [0.3, 0.4) is 0 Å². The molecule has 0 radical (unpaired) electrons. The molecule has 1 atom stereocenters. The van der Waals surface area contributed by atoms with Gasteiger partial charge >= 0.3 is 0 Å². The maximum Gasteiger partial charge on any atom is 0.204 e. The standard InChI is InChI=1S/C13H15NO.C6H10N2O2S2.CH3NO/c1-14-13-10-4-2-3-8(10)7-9-5-6-11(15)12(9)13;1-6(2,9)5-8-3-4(11-5)12(7)10;2-1-3/h7,14H,2-6H2,1H3;3,9H,7H2,1-2H3;1H,(H2,2,3). The summed E-state index contributed by atoms with van der Waals surface area (Å²) in [6, 6.07) is 2.27. The number of carbonyl (C=O) groups is 2. The van der Waals surface area contributed by atoms with Gasteiger partial charge in [-0.3, -0.25) is 9.59 Å². The summed E-state index contributed by atoms with van der Waals surface area (Å²) in [6.07, 6.45) is 6.87. The third kappa shape index (κ3) is 5.51. The third-order valence-corrected chi connectivity index (χ3v) is 7.19. The van der Waals surface area contributed by atoms with E-state index in [1.807, 2.05) is 7.05 Å². The molecular formula is C20H28N4O4S2. The molecule has 0 aliphatic heterocycles. The smallest absolute Gasteiger partial charge is 0.204 e. The number of amides is 1. The number of hydrogen-bond acceptors (Lipinski definition) is 7. The van der Waals surface area contributed by atoms with Crippen LogP contribution in [0, 0.1) is 0 Å². The zero-order valence-corrected chi connectivity index (χ0v) is 19.0. The molecule has 1 unspecified atom stereocenters. The normalized spacial score (nSPS) is 15.2. The van der Waals surface area contributed by atoms with Crippen molar-refractivity contribution in [3.63, 3.8) is 0 Å². The molecule has 0 saturated heterocycles. The summed E-state index contributed by atoms with van der Waals surface area (Å²) in [4.78, 5) is 24.3. The first-order valence-electron chi connectivity index (χ1n) is 9.52. The summed E-state index contributed by atoms with van der Waals surface area (Å²) in [5.74, 6) is 0.323. The number of primary amides is 1. The molecule has 1 aromatic heterocycles. The van der Waals surface area contributed by atoms with Gasteiger partial charge in [0.15, 0.2) is 5.78 Å². The van der Waals surface area contributed by atoms with Gasteiger partial charge in [-0.15, -0.1) is 11.3 Å². The van der Waals surface area contributed by atoms with E-state index < -0.39 is 16.6 Å². The predicted molar refractivity (Wildman–Crippen MR) is 119 cm³/mol. The average molecular weight is 453 g/mol. The minimum Gasteiger partial charge on any atom is -0.387 e. The molecule has 30 heavy (non-hydrogen) atoms. The van der Waals surface area contributed by atoms with Crippen molar-refractivity contribution in [3.05, 3.63) is 39.5 Å². The monoisotopic (exact) mass is 452 g/mol. The van der Waals surface area contributed by atoms with Crippen molar-refractivity contribution in [3.8, 4) is 0 Å². The number of anilines is 1. The number of nitrogens with one attached hydrogen (secondary N) is 1. The largest absolute Gasteiger partial charge is 0.387 e. The fourth-order valence-corrected chi connectivity index (χ4v) is 4.98. The van der Waals surface area contributed by atoms with Crippen LogP contribution >= 0.6 is 11.3 Å². The van der Waals surface area contributed by atoms with E-state index in [1.54, 1.807) is 13.8 Å². The molecule has 6 N–H and O–H groups in total. The molecule has 1 aromatic carbocycles. The minimum atomic E-state index is -1.50. The van der Waals surface area contributed by atoms with Gasteiger partial charge in [-0.2, -0.15) is 0 Å². The molecule has 1 amide bonds. The van der Waals surface area contributed by atoms with Gasteiger partial charge < -0.3 is 16.2 Å². The van der Waals surface area contributed by atoms with E-state index in [0.29, 0.717) is 21.4 Å². The molecule has 1 heterocycles. The van der Waals surface area contributed by atoms with E-state index >= 15 is 0 Å². The highest BCUT2D eigenvalue weighted by Gasteiger charge is 2.28. The Morgan fingerprint density at radius 1 is 1.27 bits per heavy atom. The summed E-state index contributed by atoms with van der Waals surface area (Å²) in [7, 11) is 0.432. The van der Waals surface area contributed by atoms with Crippen molar-refractivity contribution >= 4 is 40.2 Å². The van der Waals surface area contributed by atoms with Gasteiger partial charge in [-0.25, -0.2) is 14.3 Å². The number of aryl methyl sites for hydroxylation is 2. The second-order valence-electron chi connectivity index (χ2n) is 7.43. The van der Waals surface area contributed by atoms with E-state index in [-0.39, 0.29) is 6.41 Å². The van der Waals surface area contributed by atoms with Gasteiger partial charge in [0.25, 0.3) is 0 Å². The van der Waals surface area contributed by atoms with E-state index in [1.165, 1.54) is 35.7 Å². The van der Waals surface area contributed by atoms with Crippen LogP contribution in [0.2, 0.25) is 0 Å². The lowest BCUT2D eigenvalue weighted by Gasteiger charge is -2.13. The number of nitrogens with zero attached hydrogens (tertiary/aromatic N) is 1. The maximum absolute atomic E-state index is 11.8. The van der Waals surface area contributed by atoms with Crippen LogP contribution in [0.25, 0.3) is 0 Å². The number of benzene rings is 1. The van der Waals surface area contributed by atoms with E-state index in [0.717, 1.165) is 35.4 Å². The first-order chi connectivity index (χ1) is 14.1. The van der Waals surface area contributed by atoms with E-state index in [9.17, 15) is 14.1 Å². The lowest BCUT2D eigenvalue weighted by Crippen LogP contribution is -2.14. The summed E-state index contributed by atoms with van der Waals surface area (Å²) in [5, 5.41) is 18.4. The summed E-state index contributed by atoms with van der Waals surface area (Å²) in [5.41, 5.74) is 9.42. The molecule has 4 rings (SSSR count). The van der Waals surface area contributed by atoms with Gasteiger partial charge in [0.2, 0.25) is 6.41 Å². The number of carbonyl (C=O) groups excluding carboxylic acids is 2. The molecule has 2 aromatic rings. The number of nitrogens with two attached hydrogens (primary N) is 2. The fraction of sp³-hybridized carbons (Fsp3) is 0.450. The van der Waals surface area contributed by atoms with Crippen molar-refractivity contribution in [1.82, 2.24) is 4.98 Å². The minimum absolute atomic E-state index is 0.250. The zero-order chi connectivity index (χ0) is 22.5. The zero-order valence-electron chi connectivity index (χ0n) is 17.4. The van der Waals surface area contributed by atoms with E-state index in [2.05, 4.69) is 22.1 Å². The molecule has 0 spiro atoms. The highest BCUT2D eigenvalue weighted by molar-refractivity contribution is 7.85. The second kappa shape index (κ2) is 10.3. The van der Waals surface area contributed by atoms with Crippen LogP contribution in [-0.2, 0) is 40.6 Å². The van der Waals surface area contributed by atoms with Crippen molar-refractivity contribution in [2.75, 3.05) is 12.4 Å². The molecule has 0 fully saturated rings. The Morgan fingerprint density at radius 2 is 1.93 bits per heavy atom. The topological polar surface area (TPSA) is 148 Å². The Morgan fingerprint density at radius 3 is 2.43 bits per heavy atom. The Hall–Kier alpha value is -2.14. The van der Waals surface area contributed by atoms with Crippen LogP contribution in [0.4, 0.5) is 5.69 Å². The third-order valence-electron chi connectivity index (χ3n) is 4.84.